The van der Waals surface area contributed by atoms with E-state index in [1.165, 1.54) is 0 Å². The molecule has 0 atom stereocenters. The van der Waals surface area contributed by atoms with Crippen molar-refractivity contribution in [3.05, 3.63) is 54.0 Å². The summed E-state index contributed by atoms with van der Waals surface area (Å²) in [5.74, 6) is -0.208. The first-order chi connectivity index (χ1) is 12.6. The molecule has 26 heavy (non-hydrogen) atoms. The lowest BCUT2D eigenvalue weighted by molar-refractivity contribution is 0.102. The number of carbonyl (C=O) groups excluding carboxylic acids is 1. The maximum atomic E-state index is 12.6. The van der Waals surface area contributed by atoms with Gasteiger partial charge in [-0.3, -0.25) is 9.69 Å². The quantitative estimate of drug-likeness (QED) is 0.646. The molecule has 0 spiro atoms. The number of hydrogen-bond acceptors (Lipinski definition) is 5. The zero-order valence-electron chi connectivity index (χ0n) is 15.3. The molecule has 7 heteroatoms. The van der Waals surface area contributed by atoms with E-state index in [2.05, 4.69) is 34.1 Å². The summed E-state index contributed by atoms with van der Waals surface area (Å²) in [6.07, 6.45) is 7.34. The molecule has 0 saturated carbocycles. The minimum atomic E-state index is -0.208. The molecule has 1 amide bonds. The van der Waals surface area contributed by atoms with Crippen LogP contribution in [0.4, 0.5) is 5.69 Å². The first kappa shape index (κ1) is 18.4. The molecule has 0 saturated heterocycles. The van der Waals surface area contributed by atoms with E-state index in [9.17, 15) is 4.79 Å². The third-order valence-corrected chi connectivity index (χ3v) is 5.05. The van der Waals surface area contributed by atoms with Crippen LogP contribution in [0.2, 0.25) is 0 Å². The van der Waals surface area contributed by atoms with Gasteiger partial charge >= 0.3 is 0 Å². The van der Waals surface area contributed by atoms with E-state index in [4.69, 9.17) is 0 Å². The van der Waals surface area contributed by atoms with Crippen LogP contribution in [-0.2, 0) is 6.54 Å². The molecule has 0 aliphatic heterocycles. The Balaban J connectivity index is 1.78. The SMILES string of the molecule is CCN(CC)Cc1cnc2c(C(=O)Nc3ccc(SC)cc3)cnn2c1. The molecule has 3 aromatic rings. The van der Waals surface area contributed by atoms with Crippen LogP contribution in [0.25, 0.3) is 5.65 Å². The molecule has 0 unspecified atom stereocenters. The minimum absolute atomic E-state index is 0.208. The van der Waals surface area contributed by atoms with E-state index in [0.717, 1.165) is 35.8 Å². The molecule has 0 aliphatic rings. The number of fused-ring (bicyclic) bond motifs is 1. The number of thioether (sulfide) groups is 1. The Morgan fingerprint density at radius 2 is 1.92 bits per heavy atom. The predicted octanol–water partition coefficient (Wildman–Crippen LogP) is 3.55. The molecular weight excluding hydrogens is 346 g/mol. The highest BCUT2D eigenvalue weighted by atomic mass is 32.2. The Labute approximate surface area is 157 Å². The molecule has 6 nitrogen and oxygen atoms in total. The molecule has 2 aromatic heterocycles. The fourth-order valence-electron chi connectivity index (χ4n) is 2.73. The molecule has 3 rings (SSSR count). The Morgan fingerprint density at radius 1 is 1.19 bits per heavy atom. The average molecular weight is 369 g/mol. The average Bonchev–Trinajstić information content (AvgIpc) is 3.10. The van der Waals surface area contributed by atoms with E-state index in [1.54, 1.807) is 22.5 Å². The van der Waals surface area contributed by atoms with Crippen molar-refractivity contribution in [3.63, 3.8) is 0 Å². The number of nitrogens with zero attached hydrogens (tertiary/aromatic N) is 4. The number of aromatic nitrogens is 3. The van der Waals surface area contributed by atoms with Crippen molar-refractivity contribution in [2.45, 2.75) is 25.3 Å². The second-order valence-electron chi connectivity index (χ2n) is 5.93. The molecule has 136 valence electrons. The Hall–Kier alpha value is -2.38. The molecule has 0 fully saturated rings. The van der Waals surface area contributed by atoms with Gasteiger partial charge in [-0.05, 0) is 43.6 Å². The number of rotatable bonds is 7. The van der Waals surface area contributed by atoms with Crippen molar-refractivity contribution in [1.82, 2.24) is 19.5 Å². The normalized spacial score (nSPS) is 11.2. The highest BCUT2D eigenvalue weighted by molar-refractivity contribution is 7.98. The number of anilines is 1. The number of amides is 1. The van der Waals surface area contributed by atoms with E-state index < -0.39 is 0 Å². The van der Waals surface area contributed by atoms with Gasteiger partial charge in [0.25, 0.3) is 5.91 Å². The molecule has 1 N–H and O–H groups in total. The minimum Gasteiger partial charge on any atom is -0.322 e. The Morgan fingerprint density at radius 3 is 2.58 bits per heavy atom. The molecule has 0 bridgehead atoms. The summed E-state index contributed by atoms with van der Waals surface area (Å²) in [7, 11) is 0. The highest BCUT2D eigenvalue weighted by Gasteiger charge is 2.15. The summed E-state index contributed by atoms with van der Waals surface area (Å²) >= 11 is 1.67. The smallest absolute Gasteiger partial charge is 0.261 e. The van der Waals surface area contributed by atoms with Gasteiger partial charge in [-0.1, -0.05) is 13.8 Å². The van der Waals surface area contributed by atoms with Gasteiger partial charge in [0, 0.05) is 35.1 Å². The van der Waals surface area contributed by atoms with Crippen LogP contribution in [-0.4, -0.2) is 44.8 Å². The molecule has 0 aliphatic carbocycles. The van der Waals surface area contributed by atoms with Crippen LogP contribution in [0, 0.1) is 0 Å². The first-order valence-electron chi connectivity index (χ1n) is 8.64. The van der Waals surface area contributed by atoms with Crippen molar-refractivity contribution >= 4 is 29.0 Å². The van der Waals surface area contributed by atoms with Gasteiger partial charge in [0.1, 0.15) is 5.56 Å². The number of benzene rings is 1. The fraction of sp³-hybridized carbons (Fsp3) is 0.316. The third kappa shape index (κ3) is 4.05. The first-order valence-corrected chi connectivity index (χ1v) is 9.87. The van der Waals surface area contributed by atoms with Gasteiger partial charge in [-0.25, -0.2) is 9.50 Å². The summed E-state index contributed by atoms with van der Waals surface area (Å²) in [5, 5.41) is 7.20. The lowest BCUT2D eigenvalue weighted by Crippen LogP contribution is -2.22. The predicted molar refractivity (Wildman–Crippen MR) is 106 cm³/mol. The Bertz CT molecular complexity index is 887. The van der Waals surface area contributed by atoms with Gasteiger partial charge < -0.3 is 5.32 Å². The summed E-state index contributed by atoms with van der Waals surface area (Å²) in [6.45, 7) is 7.06. The van der Waals surface area contributed by atoms with Gasteiger partial charge in [0.15, 0.2) is 5.65 Å². The van der Waals surface area contributed by atoms with Crippen molar-refractivity contribution in [2.75, 3.05) is 24.7 Å². The maximum absolute atomic E-state index is 12.6. The summed E-state index contributed by atoms with van der Waals surface area (Å²) in [4.78, 5) is 20.5. The van der Waals surface area contributed by atoms with Crippen LogP contribution in [0.1, 0.15) is 29.8 Å². The number of carbonyl (C=O) groups is 1. The van der Waals surface area contributed by atoms with Crippen LogP contribution in [0.3, 0.4) is 0 Å². The maximum Gasteiger partial charge on any atom is 0.261 e. The van der Waals surface area contributed by atoms with Crippen molar-refractivity contribution in [1.29, 1.82) is 0 Å². The van der Waals surface area contributed by atoms with Crippen LogP contribution >= 0.6 is 11.8 Å². The second-order valence-corrected chi connectivity index (χ2v) is 6.81. The van der Waals surface area contributed by atoms with Crippen LogP contribution < -0.4 is 5.32 Å². The monoisotopic (exact) mass is 369 g/mol. The highest BCUT2D eigenvalue weighted by Crippen LogP contribution is 2.19. The number of nitrogens with one attached hydrogen (secondary N) is 1. The lowest BCUT2D eigenvalue weighted by atomic mass is 10.2. The van der Waals surface area contributed by atoms with Crippen LogP contribution in [0.5, 0.6) is 0 Å². The zero-order valence-corrected chi connectivity index (χ0v) is 16.1. The fourth-order valence-corrected chi connectivity index (χ4v) is 3.14. The topological polar surface area (TPSA) is 62.5 Å². The van der Waals surface area contributed by atoms with Gasteiger partial charge in [-0.15, -0.1) is 11.8 Å². The lowest BCUT2D eigenvalue weighted by Gasteiger charge is -2.17. The molecular formula is C19H23N5OS. The second kappa shape index (κ2) is 8.33. The van der Waals surface area contributed by atoms with E-state index in [1.807, 2.05) is 42.9 Å². The van der Waals surface area contributed by atoms with Gasteiger partial charge in [-0.2, -0.15) is 5.10 Å². The van der Waals surface area contributed by atoms with E-state index in [0.29, 0.717) is 11.2 Å². The van der Waals surface area contributed by atoms with Crippen LogP contribution in [0.15, 0.2) is 47.8 Å². The van der Waals surface area contributed by atoms with Crippen molar-refractivity contribution in [2.24, 2.45) is 0 Å². The summed E-state index contributed by atoms with van der Waals surface area (Å²) in [6, 6.07) is 7.75. The standard InChI is InChI=1S/C19H23N5OS/c1-4-23(5-2)12-14-10-20-18-17(11-21-24(18)13-14)19(25)22-15-6-8-16(26-3)9-7-15/h6-11,13H,4-5,12H2,1-3H3,(H,22,25). The van der Waals surface area contributed by atoms with Gasteiger partial charge in [0.05, 0.1) is 6.20 Å². The Kier molecular flexibility index (Phi) is 5.90. The van der Waals surface area contributed by atoms with E-state index in [-0.39, 0.29) is 5.91 Å². The molecule has 0 radical (unpaired) electrons. The van der Waals surface area contributed by atoms with E-state index >= 15 is 0 Å². The summed E-state index contributed by atoms with van der Waals surface area (Å²) < 4.78 is 1.67. The zero-order chi connectivity index (χ0) is 18.5. The largest absolute Gasteiger partial charge is 0.322 e. The molecule has 2 heterocycles. The van der Waals surface area contributed by atoms with Gasteiger partial charge in [0.2, 0.25) is 0 Å². The molecule has 1 aromatic carbocycles. The van der Waals surface area contributed by atoms with Crippen molar-refractivity contribution < 1.29 is 4.79 Å². The summed E-state index contributed by atoms with van der Waals surface area (Å²) in [5.41, 5.74) is 2.86. The number of hydrogen-bond donors (Lipinski definition) is 1. The third-order valence-electron chi connectivity index (χ3n) is 4.30. The van der Waals surface area contributed by atoms with Crippen molar-refractivity contribution in [3.8, 4) is 0 Å².